The van der Waals surface area contributed by atoms with Crippen LogP contribution in [-0.4, -0.2) is 6.21 Å². The summed E-state index contributed by atoms with van der Waals surface area (Å²) in [6.07, 6.45) is 2.55. The molecule has 0 spiro atoms. The van der Waals surface area contributed by atoms with Crippen LogP contribution >= 0.6 is 11.6 Å². The highest BCUT2D eigenvalue weighted by Gasteiger charge is 1.46. The molecule has 0 saturated carbocycles. The van der Waals surface area contributed by atoms with Gasteiger partial charge in [0.05, 0.1) is 0 Å². The van der Waals surface area contributed by atoms with Crippen molar-refractivity contribution < 1.29 is 0 Å². The zero-order chi connectivity index (χ0) is 4.12. The Morgan fingerprint density at radius 3 is 2.20 bits per heavy atom. The monoisotopic (exact) mass is 89.0 g/mol. The standard InChI is InChI=1S/C3H4ClN/c4-2-1-3-5/h1-3,5H. The first kappa shape index (κ1) is 4.70. The van der Waals surface area contributed by atoms with Gasteiger partial charge < -0.3 is 5.41 Å². The van der Waals surface area contributed by atoms with Crippen molar-refractivity contribution in [3.63, 3.8) is 0 Å². The van der Waals surface area contributed by atoms with E-state index in [1.54, 1.807) is 0 Å². The van der Waals surface area contributed by atoms with Crippen molar-refractivity contribution in [3.8, 4) is 0 Å². The van der Waals surface area contributed by atoms with E-state index in [2.05, 4.69) is 0 Å². The number of hydrogen-bond acceptors (Lipinski definition) is 1. The molecule has 5 heavy (non-hydrogen) atoms. The summed E-state index contributed by atoms with van der Waals surface area (Å²) >= 11 is 4.97. The number of rotatable bonds is 1. The zero-order valence-corrected chi connectivity index (χ0v) is 3.37. The van der Waals surface area contributed by atoms with Crippen molar-refractivity contribution in [1.82, 2.24) is 0 Å². The molecular formula is C3H4ClN. The van der Waals surface area contributed by atoms with Gasteiger partial charge in [-0.25, -0.2) is 0 Å². The van der Waals surface area contributed by atoms with Crippen molar-refractivity contribution in [3.05, 3.63) is 11.6 Å². The molecule has 1 N–H and O–H groups in total. The quantitative estimate of drug-likeness (QED) is 0.470. The molecule has 0 rings (SSSR count). The maximum Gasteiger partial charge on any atom is 0.0186 e. The van der Waals surface area contributed by atoms with Crippen molar-refractivity contribution in [2.75, 3.05) is 0 Å². The van der Waals surface area contributed by atoms with Gasteiger partial charge in [-0.05, 0) is 6.08 Å². The van der Waals surface area contributed by atoms with E-state index in [4.69, 9.17) is 17.0 Å². The van der Waals surface area contributed by atoms with Crippen LogP contribution in [0.3, 0.4) is 0 Å². The summed E-state index contributed by atoms with van der Waals surface area (Å²) in [5.74, 6) is 0. The molecule has 2 heteroatoms. The molecule has 0 heterocycles. The van der Waals surface area contributed by atoms with Gasteiger partial charge in [-0.2, -0.15) is 0 Å². The van der Waals surface area contributed by atoms with Crippen LogP contribution in [0.2, 0.25) is 0 Å². The summed E-state index contributed by atoms with van der Waals surface area (Å²) < 4.78 is 0. The van der Waals surface area contributed by atoms with E-state index in [0.717, 1.165) is 6.21 Å². The second kappa shape index (κ2) is 3.70. The lowest BCUT2D eigenvalue weighted by Crippen LogP contribution is -1.45. The van der Waals surface area contributed by atoms with Gasteiger partial charge in [0.15, 0.2) is 0 Å². The van der Waals surface area contributed by atoms with Crippen LogP contribution in [0, 0.1) is 5.41 Å². The molecule has 0 aromatic rings. The predicted molar refractivity (Wildman–Crippen MR) is 23.8 cm³/mol. The lowest BCUT2D eigenvalue weighted by Gasteiger charge is -1.52. The molecular weight excluding hydrogens is 85.5 g/mol. The Balaban J connectivity index is 2.92. The normalized spacial score (nSPS) is 9.00. The largest absolute Gasteiger partial charge is 0.309 e. The Bertz CT molecular complexity index is 48.9. The molecule has 0 bridgehead atoms. The van der Waals surface area contributed by atoms with Crippen molar-refractivity contribution in [2.24, 2.45) is 0 Å². The van der Waals surface area contributed by atoms with Crippen molar-refractivity contribution in [1.29, 1.82) is 5.41 Å². The maximum absolute atomic E-state index is 6.31. The summed E-state index contributed by atoms with van der Waals surface area (Å²) in [7, 11) is 0. The molecule has 0 unspecified atom stereocenters. The summed E-state index contributed by atoms with van der Waals surface area (Å²) in [5, 5.41) is 6.31. The van der Waals surface area contributed by atoms with Crippen LogP contribution in [0.4, 0.5) is 0 Å². The van der Waals surface area contributed by atoms with E-state index in [1.165, 1.54) is 11.6 Å². The molecule has 0 atom stereocenters. The Hall–Kier alpha value is -0.300. The third-order valence-electron chi connectivity index (χ3n) is 0.169. The summed E-state index contributed by atoms with van der Waals surface area (Å²) in [4.78, 5) is 0. The Morgan fingerprint density at radius 2 is 2.20 bits per heavy atom. The fourth-order valence-electron chi connectivity index (χ4n) is 0.0364. The third-order valence-corrected chi connectivity index (χ3v) is 0.314. The lowest BCUT2D eigenvalue weighted by molar-refractivity contribution is 1.58. The second-order valence-electron chi connectivity index (χ2n) is 0.485. The van der Waals surface area contributed by atoms with E-state index in [-0.39, 0.29) is 0 Å². The first-order valence-electron chi connectivity index (χ1n) is 1.17. The average molecular weight is 89.5 g/mol. The molecule has 0 aliphatic carbocycles. The minimum Gasteiger partial charge on any atom is -0.309 e. The van der Waals surface area contributed by atoms with Gasteiger partial charge >= 0.3 is 0 Å². The van der Waals surface area contributed by atoms with Crippen LogP contribution in [0.1, 0.15) is 0 Å². The molecule has 0 fully saturated rings. The zero-order valence-electron chi connectivity index (χ0n) is 2.61. The highest BCUT2D eigenvalue weighted by molar-refractivity contribution is 6.26. The highest BCUT2D eigenvalue weighted by Crippen LogP contribution is 1.69. The smallest absolute Gasteiger partial charge is 0.0186 e. The van der Waals surface area contributed by atoms with Crippen LogP contribution in [0.15, 0.2) is 11.6 Å². The predicted octanol–water partition coefficient (Wildman–Crippen LogP) is 1.39. The second-order valence-corrected chi connectivity index (χ2v) is 0.737. The number of allylic oxidation sites excluding steroid dienone is 1. The minimum atomic E-state index is 1.12. The van der Waals surface area contributed by atoms with Crippen LogP contribution < -0.4 is 0 Å². The summed E-state index contributed by atoms with van der Waals surface area (Å²) in [6.45, 7) is 0. The molecule has 0 aromatic heterocycles. The first-order valence-corrected chi connectivity index (χ1v) is 1.61. The Kier molecular flexibility index (Phi) is 3.48. The van der Waals surface area contributed by atoms with E-state index in [9.17, 15) is 0 Å². The third kappa shape index (κ3) is 3.70. The highest BCUT2D eigenvalue weighted by atomic mass is 35.5. The summed E-state index contributed by atoms with van der Waals surface area (Å²) in [6, 6.07) is 0. The Labute approximate surface area is 35.8 Å². The van der Waals surface area contributed by atoms with Crippen LogP contribution in [0.25, 0.3) is 0 Å². The number of hydrogen-bond donors (Lipinski definition) is 1. The topological polar surface area (TPSA) is 23.9 Å². The molecule has 0 radical (unpaired) electrons. The Morgan fingerprint density at radius 1 is 1.60 bits per heavy atom. The van der Waals surface area contributed by atoms with Gasteiger partial charge in [0.1, 0.15) is 0 Å². The van der Waals surface area contributed by atoms with Gasteiger partial charge in [-0.15, -0.1) is 0 Å². The average Bonchev–Trinajstić information content (AvgIpc) is 1.41. The fourth-order valence-corrected chi connectivity index (χ4v) is 0.109. The van der Waals surface area contributed by atoms with E-state index in [0.29, 0.717) is 0 Å². The van der Waals surface area contributed by atoms with Gasteiger partial charge in [-0.3, -0.25) is 0 Å². The maximum atomic E-state index is 6.31. The van der Waals surface area contributed by atoms with Crippen molar-refractivity contribution >= 4 is 17.8 Å². The minimum absolute atomic E-state index is 1.12. The molecule has 0 aliphatic heterocycles. The van der Waals surface area contributed by atoms with Gasteiger partial charge in [0.2, 0.25) is 0 Å². The molecule has 0 saturated heterocycles. The summed E-state index contributed by atoms with van der Waals surface area (Å²) in [5.41, 5.74) is 1.28. The fraction of sp³-hybridized carbons (Fsp3) is 0. The number of halogens is 1. The van der Waals surface area contributed by atoms with Crippen LogP contribution in [-0.2, 0) is 0 Å². The molecule has 0 amide bonds. The SMILES string of the molecule is N=CC=CCl. The van der Waals surface area contributed by atoms with E-state index < -0.39 is 0 Å². The number of nitrogens with one attached hydrogen (secondary N) is 1. The lowest BCUT2D eigenvalue weighted by atomic mass is 10.7. The van der Waals surface area contributed by atoms with Crippen molar-refractivity contribution in [2.45, 2.75) is 0 Å². The molecule has 1 nitrogen and oxygen atoms in total. The molecule has 0 aliphatic rings. The van der Waals surface area contributed by atoms with Gasteiger partial charge in [0, 0.05) is 11.7 Å². The van der Waals surface area contributed by atoms with E-state index in [1.807, 2.05) is 0 Å². The molecule has 0 aromatic carbocycles. The molecule has 28 valence electrons. The van der Waals surface area contributed by atoms with Gasteiger partial charge in [0.25, 0.3) is 0 Å². The van der Waals surface area contributed by atoms with E-state index >= 15 is 0 Å². The van der Waals surface area contributed by atoms with Gasteiger partial charge in [-0.1, -0.05) is 11.6 Å². The first-order chi connectivity index (χ1) is 2.41. The van der Waals surface area contributed by atoms with Crippen LogP contribution in [0.5, 0.6) is 0 Å².